The molecule has 3 aromatic rings. The van der Waals surface area contributed by atoms with Gasteiger partial charge in [0.1, 0.15) is 29.8 Å². The van der Waals surface area contributed by atoms with Crippen molar-refractivity contribution < 1.29 is 23.9 Å². The molecule has 0 spiro atoms. The quantitative estimate of drug-likeness (QED) is 0.334. The molecule has 0 radical (unpaired) electrons. The number of rotatable bonds is 8. The molecular formula is C39H42ClN7O5. The molecular weight excluding hydrogens is 682 g/mol. The van der Waals surface area contributed by atoms with Crippen molar-refractivity contribution in [1.29, 1.82) is 5.26 Å². The number of benzene rings is 2. The molecule has 2 saturated heterocycles. The van der Waals surface area contributed by atoms with Crippen LogP contribution in [0.3, 0.4) is 0 Å². The van der Waals surface area contributed by atoms with Crippen LogP contribution in [-0.4, -0.2) is 87.7 Å². The number of aromatic nitrogens is 1. The van der Waals surface area contributed by atoms with Crippen LogP contribution in [0.1, 0.15) is 77.9 Å². The van der Waals surface area contributed by atoms with Gasteiger partial charge in [-0.25, -0.2) is 4.98 Å². The molecule has 7 rings (SSSR count). The van der Waals surface area contributed by atoms with Crippen molar-refractivity contribution in [3.05, 3.63) is 87.6 Å². The number of primary amides is 1. The fraction of sp³-hybridized carbons (Fsp3) is 0.436. The highest BCUT2D eigenvalue weighted by Crippen LogP contribution is 2.58. The van der Waals surface area contributed by atoms with Gasteiger partial charge in [0.25, 0.3) is 11.8 Å². The standard InChI is InChI=1S/C39H42ClN7O5/c1-38(2)36(39(3,4)37(38)52-27-8-6-24(19-41)29(40)18-27)47-32(48)12-10-30(35(47)51)46-22-26-17-23(5-9-28(26)34(46)50)21-44-13-15-45(16-14-44)31-11-7-25(20-43-31)33(42)49/h5-9,11,17-18,20,30,36-37H,10,12-16,21-22H2,1-4H3,(H2,42,49). The van der Waals surface area contributed by atoms with Crippen LogP contribution >= 0.6 is 11.6 Å². The van der Waals surface area contributed by atoms with Crippen molar-refractivity contribution in [3.8, 4) is 11.8 Å². The minimum absolute atomic E-state index is 0.165. The number of carbonyl (C=O) groups is 4. The first-order chi connectivity index (χ1) is 24.7. The predicted molar refractivity (Wildman–Crippen MR) is 193 cm³/mol. The summed E-state index contributed by atoms with van der Waals surface area (Å²) < 4.78 is 6.41. The normalized spacial score (nSPS) is 24.0. The monoisotopic (exact) mass is 723 g/mol. The van der Waals surface area contributed by atoms with Gasteiger partial charge in [0.2, 0.25) is 11.8 Å². The van der Waals surface area contributed by atoms with Crippen LogP contribution in [0.2, 0.25) is 5.02 Å². The smallest absolute Gasteiger partial charge is 0.255 e. The number of amides is 4. The topological polar surface area (TPSA) is 153 Å². The number of piperidine rings is 1. The molecule has 52 heavy (non-hydrogen) atoms. The molecule has 3 aliphatic heterocycles. The van der Waals surface area contributed by atoms with Crippen LogP contribution in [0.4, 0.5) is 5.82 Å². The third kappa shape index (κ3) is 6.05. The summed E-state index contributed by atoms with van der Waals surface area (Å²) in [6.07, 6.45) is 1.59. The number of nitrogens with zero attached hydrogens (tertiary/aromatic N) is 6. The maximum atomic E-state index is 14.3. The zero-order chi connectivity index (χ0) is 37.1. The summed E-state index contributed by atoms with van der Waals surface area (Å²) in [5.41, 5.74) is 7.42. The van der Waals surface area contributed by atoms with E-state index < -0.39 is 28.8 Å². The number of ether oxygens (including phenoxy) is 1. The third-order valence-corrected chi connectivity index (χ3v) is 11.6. The lowest BCUT2D eigenvalue weighted by Gasteiger charge is -2.66. The highest BCUT2D eigenvalue weighted by molar-refractivity contribution is 6.31. The number of carbonyl (C=O) groups excluding carboxylic acids is 4. The number of likely N-dealkylation sites (tertiary alicyclic amines) is 1. The SMILES string of the molecule is CC1(C)C(Oc2ccc(C#N)c(Cl)c2)C(C)(C)C1N1C(=O)CCC(N2Cc3cc(CN4CCN(c5ccc(C(N)=O)cn5)CC4)ccc3C2=O)C1=O. The fourth-order valence-corrected chi connectivity index (χ4v) is 9.29. The van der Waals surface area contributed by atoms with Crippen LogP contribution in [0, 0.1) is 22.2 Å². The van der Waals surface area contributed by atoms with E-state index in [1.165, 1.54) is 11.1 Å². The maximum Gasteiger partial charge on any atom is 0.255 e. The van der Waals surface area contributed by atoms with Gasteiger partial charge < -0.3 is 20.3 Å². The molecule has 1 saturated carbocycles. The molecule has 1 aliphatic carbocycles. The number of anilines is 1. The van der Waals surface area contributed by atoms with E-state index in [9.17, 15) is 24.4 Å². The lowest BCUT2D eigenvalue weighted by atomic mass is 9.48. The Morgan fingerprint density at radius 3 is 2.38 bits per heavy atom. The summed E-state index contributed by atoms with van der Waals surface area (Å²) in [7, 11) is 0. The van der Waals surface area contributed by atoms with Gasteiger partial charge in [-0.2, -0.15) is 5.26 Å². The van der Waals surface area contributed by atoms with Crippen molar-refractivity contribution in [1.82, 2.24) is 19.7 Å². The Hall–Kier alpha value is -4.99. The Labute approximate surface area is 308 Å². The average molecular weight is 724 g/mol. The molecule has 12 nitrogen and oxygen atoms in total. The van der Waals surface area contributed by atoms with Crippen molar-refractivity contribution in [2.75, 3.05) is 31.1 Å². The molecule has 1 aromatic heterocycles. The zero-order valence-electron chi connectivity index (χ0n) is 29.8. The molecule has 2 N–H and O–H groups in total. The molecule has 270 valence electrons. The van der Waals surface area contributed by atoms with E-state index >= 15 is 0 Å². The van der Waals surface area contributed by atoms with E-state index in [1.54, 1.807) is 29.2 Å². The van der Waals surface area contributed by atoms with Gasteiger partial charge in [-0.15, -0.1) is 0 Å². The maximum absolute atomic E-state index is 14.3. The highest BCUT2D eigenvalue weighted by atomic mass is 35.5. The van der Waals surface area contributed by atoms with Gasteiger partial charge >= 0.3 is 0 Å². The number of nitriles is 1. The minimum atomic E-state index is -0.747. The van der Waals surface area contributed by atoms with E-state index in [4.69, 9.17) is 22.1 Å². The summed E-state index contributed by atoms with van der Waals surface area (Å²) >= 11 is 6.27. The molecule has 4 heterocycles. The van der Waals surface area contributed by atoms with E-state index in [0.29, 0.717) is 34.0 Å². The van der Waals surface area contributed by atoms with Gasteiger partial charge in [-0.05, 0) is 47.9 Å². The number of nitrogens with two attached hydrogens (primary N) is 1. The van der Waals surface area contributed by atoms with E-state index in [0.717, 1.165) is 49.7 Å². The third-order valence-electron chi connectivity index (χ3n) is 11.3. The Morgan fingerprint density at radius 2 is 1.75 bits per heavy atom. The van der Waals surface area contributed by atoms with Gasteiger partial charge in [-0.1, -0.05) is 51.4 Å². The number of halogens is 1. The first kappa shape index (κ1) is 35.4. The van der Waals surface area contributed by atoms with E-state index in [1.807, 2.05) is 52.0 Å². The first-order valence-electron chi connectivity index (χ1n) is 17.6. The average Bonchev–Trinajstić information content (AvgIpc) is 3.43. The zero-order valence-corrected chi connectivity index (χ0v) is 30.5. The van der Waals surface area contributed by atoms with Crippen molar-refractivity contribution in [2.45, 2.75) is 71.8 Å². The second kappa shape index (κ2) is 13.2. The van der Waals surface area contributed by atoms with Crippen LogP contribution in [0.25, 0.3) is 0 Å². The molecule has 1 atom stereocenters. The van der Waals surface area contributed by atoms with Crippen LogP contribution in [0.5, 0.6) is 5.75 Å². The molecule has 4 aliphatic rings. The van der Waals surface area contributed by atoms with Gasteiger partial charge in [0, 0.05) is 74.3 Å². The Kier molecular flexibility index (Phi) is 8.99. The fourth-order valence-electron chi connectivity index (χ4n) is 9.08. The highest BCUT2D eigenvalue weighted by Gasteiger charge is 2.68. The second-order valence-corrected chi connectivity index (χ2v) is 15.8. The number of imide groups is 1. The van der Waals surface area contributed by atoms with Crippen LogP contribution in [-0.2, 0) is 22.7 Å². The number of hydrogen-bond acceptors (Lipinski definition) is 9. The number of pyridine rings is 1. The number of hydrogen-bond donors (Lipinski definition) is 1. The number of piperazine rings is 1. The van der Waals surface area contributed by atoms with Gasteiger partial charge in [0.15, 0.2) is 0 Å². The summed E-state index contributed by atoms with van der Waals surface area (Å²) in [4.78, 5) is 65.0. The summed E-state index contributed by atoms with van der Waals surface area (Å²) in [6, 6.07) is 15.2. The lowest BCUT2D eigenvalue weighted by molar-refractivity contribution is -0.216. The number of fused-ring (bicyclic) bond motifs is 1. The van der Waals surface area contributed by atoms with Gasteiger partial charge in [-0.3, -0.25) is 29.0 Å². The first-order valence-corrected chi connectivity index (χ1v) is 18.0. The lowest BCUT2D eigenvalue weighted by Crippen LogP contribution is -2.77. The molecule has 2 aromatic carbocycles. The van der Waals surface area contributed by atoms with Crippen molar-refractivity contribution in [3.63, 3.8) is 0 Å². The summed E-state index contributed by atoms with van der Waals surface area (Å²) in [6.45, 7) is 12.2. The Bertz CT molecular complexity index is 1980. The molecule has 13 heteroatoms. The van der Waals surface area contributed by atoms with Gasteiger partial charge in [0.05, 0.1) is 22.2 Å². The second-order valence-electron chi connectivity index (χ2n) is 15.4. The van der Waals surface area contributed by atoms with E-state index in [2.05, 4.69) is 20.9 Å². The Balaban J connectivity index is 1.01. The van der Waals surface area contributed by atoms with Crippen molar-refractivity contribution in [2.24, 2.45) is 16.6 Å². The van der Waals surface area contributed by atoms with Crippen LogP contribution < -0.4 is 15.4 Å². The summed E-state index contributed by atoms with van der Waals surface area (Å²) in [5, 5.41) is 9.55. The molecule has 4 amide bonds. The molecule has 1 unspecified atom stereocenters. The van der Waals surface area contributed by atoms with E-state index in [-0.39, 0.29) is 36.7 Å². The largest absolute Gasteiger partial charge is 0.489 e. The molecule has 3 fully saturated rings. The minimum Gasteiger partial charge on any atom is -0.489 e. The summed E-state index contributed by atoms with van der Waals surface area (Å²) in [5.74, 6) is 0.0434. The predicted octanol–water partition coefficient (Wildman–Crippen LogP) is 4.38. The Morgan fingerprint density at radius 1 is 1.02 bits per heavy atom. The molecule has 0 bridgehead atoms. The van der Waals surface area contributed by atoms with Crippen molar-refractivity contribution >= 4 is 41.0 Å². The van der Waals surface area contributed by atoms with Crippen LogP contribution in [0.15, 0.2) is 54.7 Å².